The molecule has 1 aromatic carbocycles. The molecular weight excluding hydrogens is 762 g/mol. The Morgan fingerprint density at radius 1 is 0.408 bits per heavy atom. The Labute approximate surface area is 320 Å². The van der Waals surface area contributed by atoms with E-state index in [-0.39, 0.29) is 0 Å². The van der Waals surface area contributed by atoms with E-state index in [1.165, 1.54) is 78.0 Å². The second-order valence-electron chi connectivity index (χ2n) is 16.9. The van der Waals surface area contributed by atoms with Crippen molar-refractivity contribution in [1.82, 2.24) is 0 Å². The second-order valence-corrected chi connectivity index (χ2v) is 28.8. The molecule has 0 atom stereocenters. The standard InChI is InChI=1S/2C18H33P.C8H8.2ClH.Ru/c2*1-4-10-16(11-5-1)19(17-12-6-2-7-13-17)18-14-8-3-9-15-18;1-7-3-5-8(2)6-4-7;;;/h2*16-18H,1-15H2;1,3-6H,2H3;2*1H;/q;;;;;+2/p-2. The van der Waals surface area contributed by atoms with Gasteiger partial charge in [-0.15, -0.1) is 0 Å². The van der Waals surface area contributed by atoms with Crippen LogP contribution in [0.3, 0.4) is 0 Å². The summed E-state index contributed by atoms with van der Waals surface area (Å²) in [5, 5.41) is 0. The minimum absolute atomic E-state index is 0.385. The normalized spacial score (nSPS) is 24.9. The zero-order valence-corrected chi connectivity index (χ0v) is 36.6. The topological polar surface area (TPSA) is 0 Å². The van der Waals surface area contributed by atoms with Gasteiger partial charge in [0.2, 0.25) is 0 Å². The van der Waals surface area contributed by atoms with Gasteiger partial charge in [-0.3, -0.25) is 0 Å². The summed E-state index contributed by atoms with van der Waals surface area (Å²) in [6.07, 6.45) is 47.2. The van der Waals surface area contributed by atoms with Crippen LogP contribution in [0.5, 0.6) is 0 Å². The quantitative estimate of drug-likeness (QED) is 0.190. The Hall–Kier alpha value is 1.15. The van der Waals surface area contributed by atoms with Crippen LogP contribution in [0.25, 0.3) is 0 Å². The Bertz CT molecular complexity index is 882. The Morgan fingerprint density at radius 3 is 0.837 bits per heavy atom. The van der Waals surface area contributed by atoms with Crippen LogP contribution in [0.2, 0.25) is 0 Å². The molecule has 7 rings (SSSR count). The molecule has 0 aliphatic heterocycles. The first-order chi connectivity index (χ1) is 24.1. The van der Waals surface area contributed by atoms with E-state index in [1.54, 1.807) is 154 Å². The van der Waals surface area contributed by atoms with E-state index in [0.29, 0.717) is 15.8 Å². The van der Waals surface area contributed by atoms with Crippen LogP contribution in [-0.2, 0) is 13.5 Å². The maximum atomic E-state index is 5.71. The van der Waals surface area contributed by atoms with Gasteiger partial charge in [-0.2, -0.15) is 0 Å². The van der Waals surface area contributed by atoms with Gasteiger partial charge in [-0.1, -0.05) is 131 Å². The van der Waals surface area contributed by atoms with Crippen molar-refractivity contribution in [2.45, 2.75) is 234 Å². The predicted molar refractivity (Wildman–Crippen MR) is 223 cm³/mol. The third-order valence-corrected chi connectivity index (χ3v) is 23.3. The first-order valence-corrected chi connectivity index (χ1v) is 30.1. The van der Waals surface area contributed by atoms with Gasteiger partial charge in [0, 0.05) is 0 Å². The minimum atomic E-state index is -1.63. The van der Waals surface area contributed by atoms with Crippen molar-refractivity contribution in [3.63, 3.8) is 0 Å². The fourth-order valence-corrected chi connectivity index (χ4v) is 22.0. The molecule has 0 unspecified atom stereocenters. The molecule has 0 saturated heterocycles. The SMILES string of the molecule is C1CCC(P(C2CCCCC2)C2CCCCC2)CC1.C1CCC(P(C2CCCCC2)C2CCCCC2)CC1.Cc1ccc([CH]=[Ru]([Cl])[Cl])cc1. The molecule has 0 nitrogen and oxygen atoms in total. The van der Waals surface area contributed by atoms with E-state index in [0.717, 1.165) is 5.56 Å². The van der Waals surface area contributed by atoms with Crippen LogP contribution in [-0.4, -0.2) is 38.6 Å². The first-order valence-electron chi connectivity index (χ1n) is 21.5. The second kappa shape index (κ2) is 23.8. The summed E-state index contributed by atoms with van der Waals surface area (Å²) in [5.41, 5.74) is 9.52. The van der Waals surface area contributed by atoms with E-state index in [2.05, 4.69) is 19.1 Å². The van der Waals surface area contributed by atoms with Crippen LogP contribution >= 0.6 is 35.2 Å². The van der Waals surface area contributed by atoms with Crippen molar-refractivity contribution in [1.29, 1.82) is 0 Å². The molecule has 0 bridgehead atoms. The number of hydrogen-bond acceptors (Lipinski definition) is 0. The molecule has 0 N–H and O–H groups in total. The molecule has 0 amide bonds. The molecule has 6 aliphatic carbocycles. The Balaban J connectivity index is 0.000000149. The van der Waals surface area contributed by atoms with Gasteiger partial charge in [0.1, 0.15) is 0 Å². The van der Waals surface area contributed by atoms with E-state index in [9.17, 15) is 0 Å². The molecule has 6 saturated carbocycles. The summed E-state index contributed by atoms with van der Waals surface area (Å²) in [6.45, 7) is 2.06. The van der Waals surface area contributed by atoms with E-state index in [1.807, 2.05) is 16.7 Å². The van der Waals surface area contributed by atoms with Gasteiger partial charge in [-0.25, -0.2) is 0 Å². The van der Waals surface area contributed by atoms with Crippen LogP contribution in [0.4, 0.5) is 0 Å². The average Bonchev–Trinajstić information content (AvgIpc) is 3.16. The van der Waals surface area contributed by atoms with Crippen molar-refractivity contribution in [3.8, 4) is 0 Å². The van der Waals surface area contributed by atoms with Crippen molar-refractivity contribution in [3.05, 3.63) is 35.4 Å². The number of benzene rings is 1. The predicted octanol–water partition coefficient (Wildman–Crippen LogP) is 16.0. The van der Waals surface area contributed by atoms with Crippen LogP contribution in [0, 0.1) is 6.92 Å². The third-order valence-electron chi connectivity index (χ3n) is 13.3. The summed E-state index contributed by atoms with van der Waals surface area (Å²) in [5.74, 6) is 0. The van der Waals surface area contributed by atoms with Crippen LogP contribution in [0.15, 0.2) is 24.3 Å². The Morgan fingerprint density at radius 2 is 0.633 bits per heavy atom. The number of halogens is 2. The molecule has 49 heavy (non-hydrogen) atoms. The summed E-state index contributed by atoms with van der Waals surface area (Å²) in [7, 11) is 12.2. The fraction of sp³-hybridized carbons (Fsp3) is 0.841. The van der Waals surface area contributed by atoms with Gasteiger partial charge in [0.05, 0.1) is 0 Å². The van der Waals surface area contributed by atoms with Crippen LogP contribution < -0.4 is 0 Å². The van der Waals surface area contributed by atoms with E-state index < -0.39 is 13.5 Å². The monoisotopic (exact) mass is 836 g/mol. The molecule has 282 valence electrons. The van der Waals surface area contributed by atoms with Crippen molar-refractivity contribution in [2.75, 3.05) is 0 Å². The van der Waals surface area contributed by atoms with Crippen molar-refractivity contribution >= 4 is 39.8 Å². The molecule has 0 heterocycles. The molecular formula is C44H74Cl2P2Ru. The summed E-state index contributed by atoms with van der Waals surface area (Å²) >= 11 is -1.63. The summed E-state index contributed by atoms with van der Waals surface area (Å²) in [4.78, 5) is 0. The fourth-order valence-electron chi connectivity index (χ4n) is 10.8. The van der Waals surface area contributed by atoms with Crippen molar-refractivity contribution < 1.29 is 13.5 Å². The molecule has 6 aliphatic rings. The zero-order chi connectivity index (χ0) is 34.1. The van der Waals surface area contributed by atoms with Gasteiger partial charge >= 0.3 is 79.8 Å². The number of aryl methyl sites for hydroxylation is 1. The van der Waals surface area contributed by atoms with Gasteiger partial charge < -0.3 is 0 Å². The molecule has 1 aromatic rings. The molecule has 5 heteroatoms. The molecule has 0 radical (unpaired) electrons. The Kier molecular flexibility index (Phi) is 20.1. The first kappa shape index (κ1) is 41.3. The van der Waals surface area contributed by atoms with E-state index >= 15 is 0 Å². The average molecular weight is 837 g/mol. The number of rotatable bonds is 7. The van der Waals surface area contributed by atoms with Crippen LogP contribution in [0.1, 0.15) is 204 Å². The number of hydrogen-bond donors (Lipinski definition) is 0. The van der Waals surface area contributed by atoms with Gasteiger partial charge in [0.15, 0.2) is 0 Å². The molecule has 6 fully saturated rings. The molecule has 0 spiro atoms. The summed E-state index contributed by atoms with van der Waals surface area (Å²) < 4.78 is 1.94. The van der Waals surface area contributed by atoms with Gasteiger partial charge in [0.25, 0.3) is 0 Å². The van der Waals surface area contributed by atoms with E-state index in [4.69, 9.17) is 19.4 Å². The van der Waals surface area contributed by atoms with Crippen molar-refractivity contribution in [2.24, 2.45) is 0 Å². The molecule has 0 aromatic heterocycles. The van der Waals surface area contributed by atoms with Gasteiger partial charge in [-0.05, 0) is 111 Å². The zero-order valence-electron chi connectivity index (χ0n) is 31.6. The maximum absolute atomic E-state index is 5.71. The summed E-state index contributed by atoms with van der Waals surface area (Å²) in [6, 6.07) is 8.16. The third kappa shape index (κ3) is 14.4.